The Labute approximate surface area is 117 Å². The fourth-order valence-electron chi connectivity index (χ4n) is 2.38. The predicted molar refractivity (Wildman–Crippen MR) is 71.4 cm³/mol. The number of halogens is 1. The summed E-state index contributed by atoms with van der Waals surface area (Å²) in [7, 11) is 1.34. The highest BCUT2D eigenvalue weighted by atomic mass is 19.1. The van der Waals surface area contributed by atoms with Crippen molar-refractivity contribution in [3.05, 3.63) is 35.1 Å². The van der Waals surface area contributed by atoms with E-state index in [-0.39, 0.29) is 24.1 Å². The number of hydrogen-bond acceptors (Lipinski definition) is 3. The quantitative estimate of drug-likeness (QED) is 0.792. The van der Waals surface area contributed by atoms with Crippen LogP contribution in [0.15, 0.2) is 18.2 Å². The van der Waals surface area contributed by atoms with Gasteiger partial charge in [0.05, 0.1) is 7.11 Å². The summed E-state index contributed by atoms with van der Waals surface area (Å²) in [6.07, 6.45) is 1.78. The first kappa shape index (κ1) is 14.5. The summed E-state index contributed by atoms with van der Waals surface area (Å²) in [6, 6.07) is 4.69. The minimum Gasteiger partial charge on any atom is -0.469 e. The van der Waals surface area contributed by atoms with Crippen molar-refractivity contribution in [3.8, 4) is 0 Å². The summed E-state index contributed by atoms with van der Waals surface area (Å²) in [5, 5.41) is 0. The van der Waals surface area contributed by atoms with Gasteiger partial charge in [0, 0.05) is 25.9 Å². The Hall–Kier alpha value is -1.91. The Morgan fingerprint density at radius 3 is 2.85 bits per heavy atom. The maximum absolute atomic E-state index is 13.1. The number of carbonyl (C=O) groups excluding carboxylic acids is 2. The third-order valence-electron chi connectivity index (χ3n) is 3.53. The van der Waals surface area contributed by atoms with E-state index in [0.717, 1.165) is 11.1 Å². The molecule has 0 fully saturated rings. The molecule has 0 unspecified atom stereocenters. The van der Waals surface area contributed by atoms with Crippen LogP contribution in [0.3, 0.4) is 0 Å². The van der Waals surface area contributed by atoms with Crippen molar-refractivity contribution in [1.29, 1.82) is 0 Å². The Morgan fingerprint density at radius 2 is 2.10 bits per heavy atom. The van der Waals surface area contributed by atoms with E-state index in [1.165, 1.54) is 19.2 Å². The Balaban J connectivity index is 1.87. The molecule has 5 heteroatoms. The van der Waals surface area contributed by atoms with E-state index in [2.05, 4.69) is 4.74 Å². The smallest absolute Gasteiger partial charge is 0.305 e. The summed E-state index contributed by atoms with van der Waals surface area (Å²) >= 11 is 0. The topological polar surface area (TPSA) is 46.6 Å². The number of carbonyl (C=O) groups is 2. The second-order valence-electron chi connectivity index (χ2n) is 4.91. The molecule has 1 aliphatic rings. The lowest BCUT2D eigenvalue weighted by atomic mass is 9.99. The summed E-state index contributed by atoms with van der Waals surface area (Å²) in [5.74, 6) is -0.497. The molecule has 1 aliphatic heterocycles. The van der Waals surface area contributed by atoms with Crippen molar-refractivity contribution in [3.63, 3.8) is 0 Å². The van der Waals surface area contributed by atoms with E-state index in [4.69, 9.17) is 0 Å². The first-order valence-corrected chi connectivity index (χ1v) is 6.72. The van der Waals surface area contributed by atoms with Crippen molar-refractivity contribution in [2.24, 2.45) is 0 Å². The summed E-state index contributed by atoms with van der Waals surface area (Å²) in [6.45, 7) is 1.13. The number of benzene rings is 1. The molecule has 4 nitrogen and oxygen atoms in total. The van der Waals surface area contributed by atoms with Crippen molar-refractivity contribution < 1.29 is 18.7 Å². The third-order valence-corrected chi connectivity index (χ3v) is 3.53. The molecule has 0 radical (unpaired) electrons. The van der Waals surface area contributed by atoms with E-state index in [0.29, 0.717) is 32.4 Å². The lowest BCUT2D eigenvalue weighted by Crippen LogP contribution is -2.35. The number of esters is 1. The van der Waals surface area contributed by atoms with Crippen LogP contribution in [0.1, 0.15) is 30.4 Å². The average Bonchev–Trinajstić information content (AvgIpc) is 2.46. The van der Waals surface area contributed by atoms with Gasteiger partial charge in [0.25, 0.3) is 0 Å². The van der Waals surface area contributed by atoms with Gasteiger partial charge >= 0.3 is 5.97 Å². The number of fused-ring (bicyclic) bond motifs is 1. The molecule has 0 aliphatic carbocycles. The largest absolute Gasteiger partial charge is 0.469 e. The molecule has 1 aromatic carbocycles. The number of nitrogens with zero attached hydrogens (tertiary/aromatic N) is 1. The molecule has 1 aromatic rings. The van der Waals surface area contributed by atoms with E-state index in [1.807, 2.05) is 0 Å². The van der Waals surface area contributed by atoms with Crippen LogP contribution in [0.4, 0.5) is 4.39 Å². The van der Waals surface area contributed by atoms with Crippen molar-refractivity contribution in [2.75, 3.05) is 13.7 Å². The van der Waals surface area contributed by atoms with Crippen LogP contribution in [-0.2, 0) is 27.3 Å². The predicted octanol–water partition coefficient (Wildman–Crippen LogP) is 2.05. The summed E-state index contributed by atoms with van der Waals surface area (Å²) in [5.41, 5.74) is 1.97. The second kappa shape index (κ2) is 6.50. The normalized spacial score (nSPS) is 13.8. The molecule has 1 amide bonds. The van der Waals surface area contributed by atoms with Gasteiger partial charge in [-0.15, -0.1) is 0 Å². The molecule has 0 saturated heterocycles. The molecule has 2 rings (SSSR count). The molecule has 0 aromatic heterocycles. The van der Waals surface area contributed by atoms with E-state index >= 15 is 0 Å². The van der Waals surface area contributed by atoms with Gasteiger partial charge in [-0.25, -0.2) is 4.39 Å². The molecule has 20 heavy (non-hydrogen) atoms. The first-order valence-electron chi connectivity index (χ1n) is 6.72. The first-order chi connectivity index (χ1) is 9.60. The molecule has 108 valence electrons. The highest BCUT2D eigenvalue weighted by molar-refractivity contribution is 5.77. The standard InChI is InChI=1S/C15H18FNO3/c1-20-15(19)4-2-3-14(18)17-8-7-11-9-13(16)6-5-12(11)10-17/h5-6,9H,2-4,7-8,10H2,1H3. The monoisotopic (exact) mass is 279 g/mol. The van der Waals surface area contributed by atoms with Gasteiger partial charge in [0.1, 0.15) is 5.82 Å². The van der Waals surface area contributed by atoms with Gasteiger partial charge in [-0.1, -0.05) is 6.07 Å². The number of methoxy groups -OCH3 is 1. The zero-order valence-electron chi connectivity index (χ0n) is 11.5. The van der Waals surface area contributed by atoms with Crippen LogP contribution in [0.2, 0.25) is 0 Å². The molecular weight excluding hydrogens is 261 g/mol. The van der Waals surface area contributed by atoms with E-state index in [9.17, 15) is 14.0 Å². The zero-order chi connectivity index (χ0) is 14.5. The molecule has 1 heterocycles. The molecule has 0 bridgehead atoms. The van der Waals surface area contributed by atoms with Gasteiger partial charge in [-0.2, -0.15) is 0 Å². The van der Waals surface area contributed by atoms with Crippen LogP contribution in [0, 0.1) is 5.82 Å². The van der Waals surface area contributed by atoms with Crippen LogP contribution >= 0.6 is 0 Å². The summed E-state index contributed by atoms with van der Waals surface area (Å²) in [4.78, 5) is 24.8. The van der Waals surface area contributed by atoms with Gasteiger partial charge in [-0.05, 0) is 36.1 Å². The fraction of sp³-hybridized carbons (Fsp3) is 0.467. The highest BCUT2D eigenvalue weighted by Crippen LogP contribution is 2.20. The second-order valence-corrected chi connectivity index (χ2v) is 4.91. The minimum absolute atomic E-state index is 0.0314. The van der Waals surface area contributed by atoms with Crippen molar-refractivity contribution in [2.45, 2.75) is 32.2 Å². The Morgan fingerprint density at radius 1 is 1.30 bits per heavy atom. The molecule has 0 spiro atoms. The molecule has 0 saturated carbocycles. The zero-order valence-corrected chi connectivity index (χ0v) is 11.5. The maximum Gasteiger partial charge on any atom is 0.305 e. The van der Waals surface area contributed by atoms with Gasteiger partial charge in [0.2, 0.25) is 5.91 Å². The number of amides is 1. The summed E-state index contributed by atoms with van der Waals surface area (Å²) < 4.78 is 17.6. The fourth-order valence-corrected chi connectivity index (χ4v) is 2.38. The average molecular weight is 279 g/mol. The SMILES string of the molecule is COC(=O)CCCC(=O)N1CCc2cc(F)ccc2C1. The van der Waals surface area contributed by atoms with Crippen LogP contribution in [0.25, 0.3) is 0 Å². The van der Waals surface area contributed by atoms with E-state index < -0.39 is 0 Å². The number of rotatable bonds is 4. The van der Waals surface area contributed by atoms with Crippen LogP contribution in [0.5, 0.6) is 0 Å². The number of ether oxygens (including phenoxy) is 1. The molecule has 0 atom stereocenters. The van der Waals surface area contributed by atoms with Gasteiger partial charge in [-0.3, -0.25) is 9.59 Å². The molecule has 0 N–H and O–H groups in total. The van der Waals surface area contributed by atoms with E-state index in [1.54, 1.807) is 11.0 Å². The highest BCUT2D eigenvalue weighted by Gasteiger charge is 2.20. The Kier molecular flexibility index (Phi) is 4.71. The van der Waals surface area contributed by atoms with Crippen LogP contribution < -0.4 is 0 Å². The van der Waals surface area contributed by atoms with Crippen molar-refractivity contribution >= 4 is 11.9 Å². The van der Waals surface area contributed by atoms with Gasteiger partial charge < -0.3 is 9.64 Å². The third kappa shape index (κ3) is 3.56. The lowest BCUT2D eigenvalue weighted by molar-refractivity contribution is -0.141. The van der Waals surface area contributed by atoms with Gasteiger partial charge in [0.15, 0.2) is 0 Å². The molecular formula is C15H18FNO3. The Bertz CT molecular complexity index is 516. The lowest BCUT2D eigenvalue weighted by Gasteiger charge is -2.29. The minimum atomic E-state index is -0.294. The maximum atomic E-state index is 13.1. The number of hydrogen-bond donors (Lipinski definition) is 0. The van der Waals surface area contributed by atoms with Crippen LogP contribution in [-0.4, -0.2) is 30.4 Å². The van der Waals surface area contributed by atoms with Crippen molar-refractivity contribution in [1.82, 2.24) is 4.90 Å².